The first-order valence-corrected chi connectivity index (χ1v) is 0. The molecule has 5 heavy (non-hydrogen) atoms. The fourth-order valence-electron chi connectivity index (χ4n) is 0. The Bertz CT molecular complexity index is 6.85. The SMILES string of the molecule is [Cd+2].[S-2].[S-2].[S-2].[W]. The van der Waals surface area contributed by atoms with E-state index in [1.54, 1.807) is 0 Å². The molecule has 0 bridgehead atoms. The molecule has 30 valence electrons. The second-order valence-corrected chi connectivity index (χ2v) is 0. The van der Waals surface area contributed by atoms with Gasteiger partial charge >= 0.3 is 27.3 Å². The van der Waals surface area contributed by atoms with Crippen molar-refractivity contribution >= 4 is 40.5 Å². The van der Waals surface area contributed by atoms with E-state index in [1.165, 1.54) is 0 Å². The number of rotatable bonds is 0. The normalized spacial score (nSPS) is 0. The van der Waals surface area contributed by atoms with Gasteiger partial charge in [-0.05, 0) is 0 Å². The van der Waals surface area contributed by atoms with E-state index < -0.39 is 0 Å². The van der Waals surface area contributed by atoms with Gasteiger partial charge in [-0.3, -0.25) is 0 Å². The van der Waals surface area contributed by atoms with Crippen LogP contribution in [0.4, 0.5) is 0 Å². The van der Waals surface area contributed by atoms with Gasteiger partial charge in [0.2, 0.25) is 0 Å². The van der Waals surface area contributed by atoms with Gasteiger partial charge in [0.05, 0.1) is 0 Å². The van der Waals surface area contributed by atoms with Crippen LogP contribution in [0.3, 0.4) is 0 Å². The van der Waals surface area contributed by atoms with Gasteiger partial charge in [-0.1, -0.05) is 0 Å². The zero-order valence-electron chi connectivity index (χ0n) is 2.34. The topological polar surface area (TPSA) is 0 Å². The van der Waals surface area contributed by atoms with Gasteiger partial charge in [-0.15, -0.1) is 0 Å². The van der Waals surface area contributed by atoms with Crippen molar-refractivity contribution in [1.82, 2.24) is 0 Å². The van der Waals surface area contributed by atoms with Crippen LogP contribution >= 0.6 is 0 Å². The van der Waals surface area contributed by atoms with E-state index in [2.05, 4.69) is 0 Å². The predicted octanol–water partition coefficient (Wildman–Crippen LogP) is -0.0122. The van der Waals surface area contributed by atoms with Crippen LogP contribution in [0.5, 0.6) is 0 Å². The quantitative estimate of drug-likeness (QED) is 0.509. The third-order valence-corrected chi connectivity index (χ3v) is 0. The summed E-state index contributed by atoms with van der Waals surface area (Å²) in [5.41, 5.74) is 0. The standard InChI is InChI=1S/Cd.3S.W/q+2;3*-2;. The fourth-order valence-corrected chi connectivity index (χ4v) is 0. The zero-order valence-corrected chi connectivity index (χ0v) is 11.8. The van der Waals surface area contributed by atoms with Crippen LogP contribution in [0, 0.1) is 0 Å². The van der Waals surface area contributed by atoms with Gasteiger partial charge in [0.15, 0.2) is 0 Å². The molecule has 0 amide bonds. The zero-order chi connectivity index (χ0) is 0. The minimum Gasteiger partial charge on any atom is -2.00 e. The summed E-state index contributed by atoms with van der Waals surface area (Å²) in [5.74, 6) is 0. The molecule has 0 fully saturated rings. The maximum absolute atomic E-state index is 0. The van der Waals surface area contributed by atoms with Crippen LogP contribution in [0.1, 0.15) is 0 Å². The van der Waals surface area contributed by atoms with Crippen LogP contribution in [0.2, 0.25) is 0 Å². The molecule has 0 aromatic rings. The summed E-state index contributed by atoms with van der Waals surface area (Å²) in [4.78, 5) is 0. The van der Waals surface area contributed by atoms with Crippen molar-refractivity contribution in [3.05, 3.63) is 0 Å². The van der Waals surface area contributed by atoms with Crippen molar-refractivity contribution in [2.24, 2.45) is 0 Å². The monoisotopic (exact) mass is 394 g/mol. The Kier molecular flexibility index (Phi) is 290. The summed E-state index contributed by atoms with van der Waals surface area (Å²) in [6.07, 6.45) is 0. The molecule has 0 aliphatic heterocycles. The van der Waals surface area contributed by atoms with Crippen molar-refractivity contribution in [2.45, 2.75) is 0 Å². The van der Waals surface area contributed by atoms with Gasteiger partial charge < -0.3 is 40.5 Å². The first kappa shape index (κ1) is 48.0. The number of hydrogen-bond acceptors (Lipinski definition) is 0. The predicted molar refractivity (Wildman–Crippen MR) is 22.1 cm³/mol. The minimum absolute atomic E-state index is 0. The minimum atomic E-state index is 0. The second kappa shape index (κ2) is 30.2. The molecule has 0 aliphatic rings. The molecule has 0 radical (unpaired) electrons. The summed E-state index contributed by atoms with van der Waals surface area (Å²) in [6, 6.07) is 0. The fraction of sp³-hybridized carbons (Fsp3) is 0. The molecule has 0 heterocycles. The Hall–Kier alpha value is 2.66. The van der Waals surface area contributed by atoms with Crippen LogP contribution in [0.15, 0.2) is 0 Å². The molecule has 0 saturated heterocycles. The van der Waals surface area contributed by atoms with E-state index >= 15 is 0 Å². The molecule has 0 unspecified atom stereocenters. The van der Waals surface area contributed by atoms with Gasteiger partial charge in [0, 0.05) is 21.1 Å². The maximum Gasteiger partial charge on any atom is 2.00 e. The van der Waals surface area contributed by atoms with Crippen molar-refractivity contribution in [3.63, 3.8) is 0 Å². The van der Waals surface area contributed by atoms with Crippen molar-refractivity contribution in [1.29, 1.82) is 0 Å². The smallest absolute Gasteiger partial charge is 2.00 e. The van der Waals surface area contributed by atoms with Crippen molar-refractivity contribution in [3.8, 4) is 0 Å². The molecule has 0 spiro atoms. The molecule has 0 aromatic carbocycles. The molecule has 0 atom stereocenters. The molecule has 5 heteroatoms. The third-order valence-electron chi connectivity index (χ3n) is 0. The van der Waals surface area contributed by atoms with Crippen LogP contribution in [-0.2, 0) is 88.9 Å². The van der Waals surface area contributed by atoms with Crippen LogP contribution in [-0.4, -0.2) is 0 Å². The van der Waals surface area contributed by atoms with E-state index in [9.17, 15) is 0 Å². The molecular weight excluding hydrogens is 392 g/mol. The first-order chi connectivity index (χ1) is 0. The Labute approximate surface area is 87.6 Å². The molecule has 0 aromatic heterocycles. The van der Waals surface area contributed by atoms with E-state index in [-0.39, 0.29) is 88.9 Å². The summed E-state index contributed by atoms with van der Waals surface area (Å²) in [7, 11) is 0. The van der Waals surface area contributed by atoms with E-state index in [0.717, 1.165) is 0 Å². The van der Waals surface area contributed by atoms with Crippen LogP contribution in [0.25, 0.3) is 0 Å². The van der Waals surface area contributed by atoms with Gasteiger partial charge in [-0.25, -0.2) is 0 Å². The largest absolute Gasteiger partial charge is 2.00 e. The van der Waals surface area contributed by atoms with Gasteiger partial charge in [-0.2, -0.15) is 0 Å². The molecule has 0 nitrogen and oxygen atoms in total. The van der Waals surface area contributed by atoms with E-state index in [0.29, 0.717) is 0 Å². The molecule has 0 N–H and O–H groups in total. The van der Waals surface area contributed by atoms with Gasteiger partial charge in [0.25, 0.3) is 0 Å². The second-order valence-electron chi connectivity index (χ2n) is 0. The average molecular weight is 392 g/mol. The Balaban J connectivity index is 0. The Morgan fingerprint density at radius 3 is 0.600 bits per heavy atom. The number of hydrogen-bond donors (Lipinski definition) is 0. The third kappa shape index (κ3) is 20.4. The summed E-state index contributed by atoms with van der Waals surface area (Å²) in [5, 5.41) is 0. The van der Waals surface area contributed by atoms with Crippen molar-refractivity contribution < 1.29 is 48.4 Å². The summed E-state index contributed by atoms with van der Waals surface area (Å²) in [6.45, 7) is 0. The first-order valence-electron chi connectivity index (χ1n) is 0. The molecule has 0 aliphatic carbocycles. The van der Waals surface area contributed by atoms with E-state index in [1.807, 2.05) is 0 Å². The van der Waals surface area contributed by atoms with Gasteiger partial charge in [0.1, 0.15) is 0 Å². The van der Waals surface area contributed by atoms with Crippen molar-refractivity contribution in [2.75, 3.05) is 0 Å². The average Bonchev–Trinajstić information content (AvgIpc) is 0. The molecule has 0 saturated carbocycles. The Morgan fingerprint density at radius 2 is 0.600 bits per heavy atom. The van der Waals surface area contributed by atoms with E-state index in [4.69, 9.17) is 0 Å². The molecular formula is CdS3W-4. The maximum atomic E-state index is 0. The Morgan fingerprint density at radius 1 is 0.600 bits per heavy atom. The summed E-state index contributed by atoms with van der Waals surface area (Å²) < 4.78 is 0. The van der Waals surface area contributed by atoms with Crippen LogP contribution < -0.4 is 0 Å². The summed E-state index contributed by atoms with van der Waals surface area (Å²) >= 11 is 0. The molecule has 0 rings (SSSR count).